The van der Waals surface area contributed by atoms with Crippen molar-refractivity contribution < 1.29 is 14.7 Å². The summed E-state index contributed by atoms with van der Waals surface area (Å²) in [5, 5.41) is 12.0. The largest absolute Gasteiger partial charge is 0.480 e. The van der Waals surface area contributed by atoms with Crippen molar-refractivity contribution in [2.24, 2.45) is 5.92 Å². The van der Waals surface area contributed by atoms with E-state index in [9.17, 15) is 19.5 Å². The second kappa shape index (κ2) is 6.96. The predicted molar refractivity (Wildman–Crippen MR) is 84.1 cm³/mol. The molecule has 0 spiro atoms. The Balaban J connectivity index is 3.06. The van der Waals surface area contributed by atoms with E-state index >= 15 is 0 Å². The molecule has 1 rings (SSSR count). The fraction of sp³-hybridized carbons (Fsp3) is 0.533. The van der Waals surface area contributed by atoms with Crippen LogP contribution in [0.4, 0.5) is 0 Å². The van der Waals surface area contributed by atoms with Crippen molar-refractivity contribution >= 4 is 23.5 Å². The van der Waals surface area contributed by atoms with Crippen LogP contribution < -0.4 is 10.9 Å². The summed E-state index contributed by atoms with van der Waals surface area (Å²) in [6.45, 7) is 6.81. The van der Waals surface area contributed by atoms with E-state index in [0.717, 1.165) is 0 Å². The van der Waals surface area contributed by atoms with E-state index in [0.29, 0.717) is 11.4 Å². The molecule has 0 fully saturated rings. The fourth-order valence-electron chi connectivity index (χ4n) is 2.04. The Morgan fingerprint density at radius 2 is 1.95 bits per heavy atom. The highest BCUT2D eigenvalue weighted by Gasteiger charge is 2.33. The number of carbonyl (C=O) groups is 2. The SMILES string of the molecule is CC(C)CC(NC(=O)C(C)(C)n1cc(Cl)ccc1=O)C(=O)O. The molecular formula is C15H21ClN2O4. The van der Waals surface area contributed by atoms with E-state index in [4.69, 9.17) is 11.6 Å². The average molecular weight is 329 g/mol. The van der Waals surface area contributed by atoms with Gasteiger partial charge in [0.1, 0.15) is 11.6 Å². The van der Waals surface area contributed by atoms with Gasteiger partial charge in [-0.05, 0) is 32.3 Å². The number of aromatic nitrogens is 1. The molecule has 0 saturated heterocycles. The van der Waals surface area contributed by atoms with Crippen LogP contribution in [-0.4, -0.2) is 27.6 Å². The first-order valence-electron chi connectivity index (χ1n) is 6.98. The normalized spacial score (nSPS) is 13.0. The van der Waals surface area contributed by atoms with E-state index < -0.39 is 23.5 Å². The lowest BCUT2D eigenvalue weighted by atomic mass is 10.00. The van der Waals surface area contributed by atoms with E-state index in [1.54, 1.807) is 0 Å². The lowest BCUT2D eigenvalue weighted by Crippen LogP contribution is -2.53. The third-order valence-electron chi connectivity index (χ3n) is 3.34. The van der Waals surface area contributed by atoms with Crippen molar-refractivity contribution in [3.63, 3.8) is 0 Å². The first-order valence-corrected chi connectivity index (χ1v) is 7.36. The van der Waals surface area contributed by atoms with Crippen LogP contribution in [0.25, 0.3) is 0 Å². The van der Waals surface area contributed by atoms with Gasteiger partial charge in [0.25, 0.3) is 5.56 Å². The Hall–Kier alpha value is -1.82. The number of carbonyl (C=O) groups excluding carboxylic acids is 1. The molecule has 1 aromatic heterocycles. The Morgan fingerprint density at radius 1 is 1.36 bits per heavy atom. The van der Waals surface area contributed by atoms with Gasteiger partial charge in [-0.2, -0.15) is 0 Å². The van der Waals surface area contributed by atoms with Gasteiger partial charge in [-0.1, -0.05) is 25.4 Å². The van der Waals surface area contributed by atoms with Crippen molar-refractivity contribution in [1.82, 2.24) is 9.88 Å². The van der Waals surface area contributed by atoms with Gasteiger partial charge in [-0.25, -0.2) is 4.79 Å². The summed E-state index contributed by atoms with van der Waals surface area (Å²) >= 11 is 5.87. The summed E-state index contributed by atoms with van der Waals surface area (Å²) in [5.41, 5.74) is -1.65. The van der Waals surface area contributed by atoms with Crippen molar-refractivity contribution in [2.75, 3.05) is 0 Å². The molecule has 122 valence electrons. The minimum atomic E-state index is -1.26. The van der Waals surface area contributed by atoms with Crippen LogP contribution >= 0.6 is 11.6 Å². The molecule has 1 unspecified atom stereocenters. The van der Waals surface area contributed by atoms with Crippen molar-refractivity contribution in [2.45, 2.75) is 45.7 Å². The van der Waals surface area contributed by atoms with Crippen molar-refractivity contribution in [1.29, 1.82) is 0 Å². The zero-order valence-electron chi connectivity index (χ0n) is 13.1. The lowest BCUT2D eigenvalue weighted by Gasteiger charge is -2.28. The number of hydrogen-bond acceptors (Lipinski definition) is 3. The summed E-state index contributed by atoms with van der Waals surface area (Å²) in [4.78, 5) is 35.6. The summed E-state index contributed by atoms with van der Waals surface area (Å²) in [5.74, 6) is -1.54. The molecule has 0 aliphatic heterocycles. The lowest BCUT2D eigenvalue weighted by molar-refractivity contribution is -0.143. The topological polar surface area (TPSA) is 88.4 Å². The molecule has 0 radical (unpaired) electrons. The summed E-state index contributed by atoms with van der Waals surface area (Å²) in [6.07, 6.45) is 1.67. The number of nitrogens with one attached hydrogen (secondary N) is 1. The molecule has 1 aromatic rings. The number of carboxylic acids is 1. The van der Waals surface area contributed by atoms with Gasteiger partial charge in [0.05, 0.1) is 5.02 Å². The van der Waals surface area contributed by atoms with Gasteiger partial charge in [-0.15, -0.1) is 0 Å². The van der Waals surface area contributed by atoms with Crippen LogP contribution in [0.5, 0.6) is 0 Å². The molecule has 2 N–H and O–H groups in total. The number of aliphatic carboxylic acids is 1. The Bertz CT molecular complexity index is 622. The van der Waals surface area contributed by atoms with Crippen LogP contribution in [0.2, 0.25) is 5.02 Å². The van der Waals surface area contributed by atoms with E-state index in [1.807, 2.05) is 13.8 Å². The smallest absolute Gasteiger partial charge is 0.326 e. The number of rotatable bonds is 6. The van der Waals surface area contributed by atoms with Gasteiger partial charge in [0.2, 0.25) is 5.91 Å². The molecule has 1 amide bonds. The minimum absolute atomic E-state index is 0.110. The molecule has 0 aliphatic carbocycles. The molecule has 0 bridgehead atoms. The van der Waals surface area contributed by atoms with Gasteiger partial charge in [0.15, 0.2) is 0 Å². The second-order valence-electron chi connectivity index (χ2n) is 6.11. The summed E-state index contributed by atoms with van der Waals surface area (Å²) in [7, 11) is 0. The monoisotopic (exact) mass is 328 g/mol. The maximum absolute atomic E-state index is 12.4. The third kappa shape index (κ3) is 4.34. The van der Waals surface area contributed by atoms with Crippen LogP contribution in [0, 0.1) is 5.92 Å². The molecule has 7 heteroatoms. The Morgan fingerprint density at radius 3 is 2.45 bits per heavy atom. The van der Waals surface area contributed by atoms with E-state index in [2.05, 4.69) is 5.32 Å². The Labute approximate surface area is 134 Å². The third-order valence-corrected chi connectivity index (χ3v) is 3.57. The van der Waals surface area contributed by atoms with Crippen molar-refractivity contribution in [3.05, 3.63) is 33.7 Å². The van der Waals surface area contributed by atoms with Gasteiger partial charge in [0, 0.05) is 12.3 Å². The van der Waals surface area contributed by atoms with E-state index in [1.165, 1.54) is 36.7 Å². The van der Waals surface area contributed by atoms with Gasteiger partial charge in [-0.3, -0.25) is 14.2 Å². The highest BCUT2D eigenvalue weighted by molar-refractivity contribution is 6.30. The van der Waals surface area contributed by atoms with Crippen LogP contribution in [0.1, 0.15) is 34.1 Å². The van der Waals surface area contributed by atoms with Gasteiger partial charge >= 0.3 is 5.97 Å². The number of halogens is 1. The summed E-state index contributed by atoms with van der Waals surface area (Å²) < 4.78 is 1.19. The van der Waals surface area contributed by atoms with Crippen molar-refractivity contribution in [3.8, 4) is 0 Å². The van der Waals surface area contributed by atoms with Crippen LogP contribution in [0.3, 0.4) is 0 Å². The fourth-order valence-corrected chi connectivity index (χ4v) is 2.20. The van der Waals surface area contributed by atoms with Crippen LogP contribution in [0.15, 0.2) is 23.1 Å². The quantitative estimate of drug-likeness (QED) is 0.834. The maximum atomic E-state index is 12.4. The van der Waals surface area contributed by atoms with Crippen LogP contribution in [-0.2, 0) is 15.1 Å². The molecule has 1 atom stereocenters. The zero-order chi connectivity index (χ0) is 17.1. The highest BCUT2D eigenvalue weighted by atomic mass is 35.5. The number of amides is 1. The molecule has 0 saturated carbocycles. The first kappa shape index (κ1) is 18.2. The molecule has 0 aromatic carbocycles. The zero-order valence-corrected chi connectivity index (χ0v) is 13.8. The van der Waals surface area contributed by atoms with Gasteiger partial charge < -0.3 is 10.4 Å². The number of pyridine rings is 1. The Kier molecular flexibility index (Phi) is 5.77. The standard InChI is InChI=1S/C15H21ClN2O4/c1-9(2)7-11(13(20)21)17-14(22)15(3,4)18-8-10(16)5-6-12(18)19/h5-6,8-9,11H,7H2,1-4H3,(H,17,22)(H,20,21). The molecule has 1 heterocycles. The average Bonchev–Trinajstić information content (AvgIpc) is 2.39. The maximum Gasteiger partial charge on any atom is 0.326 e. The first-order chi connectivity index (χ1) is 10.1. The summed E-state index contributed by atoms with van der Waals surface area (Å²) in [6, 6.07) is 1.70. The predicted octanol–water partition coefficient (Wildman–Crippen LogP) is 1.85. The molecule has 0 aliphatic rings. The molecule has 22 heavy (non-hydrogen) atoms. The highest BCUT2D eigenvalue weighted by Crippen LogP contribution is 2.17. The molecule has 6 nitrogen and oxygen atoms in total. The van der Waals surface area contributed by atoms with E-state index in [-0.39, 0.29) is 11.5 Å². The second-order valence-corrected chi connectivity index (χ2v) is 6.54. The number of hydrogen-bond donors (Lipinski definition) is 2. The number of carboxylic acid groups (broad SMARTS) is 1. The minimum Gasteiger partial charge on any atom is -0.480 e. The molecular weight excluding hydrogens is 308 g/mol. The number of nitrogens with zero attached hydrogens (tertiary/aromatic N) is 1.